The molecule has 0 aromatic carbocycles. The van der Waals surface area contributed by atoms with Crippen LogP contribution in [-0.2, 0) is 16.0 Å². The van der Waals surface area contributed by atoms with Crippen molar-refractivity contribution < 1.29 is 9.53 Å². The zero-order valence-corrected chi connectivity index (χ0v) is 15.0. The van der Waals surface area contributed by atoms with Crippen molar-refractivity contribution in [1.29, 1.82) is 0 Å². The first-order valence-electron chi connectivity index (χ1n) is 8.64. The molecule has 0 aliphatic carbocycles. The van der Waals surface area contributed by atoms with Gasteiger partial charge in [0.1, 0.15) is 0 Å². The lowest BCUT2D eigenvalue weighted by molar-refractivity contribution is -0.129. The Morgan fingerprint density at radius 1 is 1.39 bits per heavy atom. The summed E-state index contributed by atoms with van der Waals surface area (Å²) in [5.41, 5.74) is 0.931. The Morgan fingerprint density at radius 2 is 2.17 bits per heavy atom. The van der Waals surface area contributed by atoms with Crippen LogP contribution in [0.2, 0.25) is 0 Å². The van der Waals surface area contributed by atoms with E-state index in [1.807, 2.05) is 10.3 Å². The zero-order chi connectivity index (χ0) is 16.2. The Morgan fingerprint density at radius 3 is 2.87 bits per heavy atom. The van der Waals surface area contributed by atoms with E-state index in [-0.39, 0.29) is 5.91 Å². The van der Waals surface area contributed by atoms with E-state index in [9.17, 15) is 4.79 Å². The number of rotatable bonds is 5. The van der Waals surface area contributed by atoms with E-state index >= 15 is 0 Å². The summed E-state index contributed by atoms with van der Waals surface area (Å²) in [4.78, 5) is 21.6. The van der Waals surface area contributed by atoms with Crippen LogP contribution in [0.3, 0.4) is 0 Å². The number of aromatic nitrogens is 1. The lowest BCUT2D eigenvalue weighted by atomic mass is 10.1. The summed E-state index contributed by atoms with van der Waals surface area (Å²) in [5, 5.41) is 3.16. The highest BCUT2D eigenvalue weighted by Crippen LogP contribution is 2.22. The number of carbonyl (C=O) groups excluding carboxylic acids is 1. The van der Waals surface area contributed by atoms with Gasteiger partial charge >= 0.3 is 0 Å². The van der Waals surface area contributed by atoms with Crippen LogP contribution in [0.4, 0.5) is 0 Å². The first kappa shape index (κ1) is 16.9. The molecule has 23 heavy (non-hydrogen) atoms. The molecule has 0 spiro atoms. The minimum absolute atomic E-state index is 0.232. The number of hydrogen-bond donors (Lipinski definition) is 0. The second-order valence-corrected chi connectivity index (χ2v) is 7.81. The fourth-order valence-electron chi connectivity index (χ4n) is 3.29. The third kappa shape index (κ3) is 4.52. The molecule has 1 aromatic rings. The number of carbonyl (C=O) groups is 1. The smallest absolute Gasteiger partial charge is 0.228 e. The number of amides is 1. The summed E-state index contributed by atoms with van der Waals surface area (Å²) in [7, 11) is 0. The highest BCUT2D eigenvalue weighted by molar-refractivity contribution is 7.09. The number of morpholine rings is 1. The lowest BCUT2D eigenvalue weighted by Gasteiger charge is -2.29. The normalized spacial score (nSPS) is 22.9. The van der Waals surface area contributed by atoms with Crippen molar-refractivity contribution in [2.45, 2.75) is 32.6 Å². The highest BCUT2D eigenvalue weighted by atomic mass is 32.1. The van der Waals surface area contributed by atoms with Crippen LogP contribution in [-0.4, -0.2) is 66.6 Å². The van der Waals surface area contributed by atoms with Crippen LogP contribution < -0.4 is 0 Å². The monoisotopic (exact) mass is 337 g/mol. The molecule has 0 saturated carbocycles. The molecule has 1 amide bonds. The summed E-state index contributed by atoms with van der Waals surface area (Å²) in [6.45, 7) is 10.9. The molecule has 3 rings (SSSR count). The highest BCUT2D eigenvalue weighted by Gasteiger charge is 2.28. The van der Waals surface area contributed by atoms with Gasteiger partial charge in [0.15, 0.2) is 0 Å². The predicted molar refractivity (Wildman–Crippen MR) is 91.9 cm³/mol. The van der Waals surface area contributed by atoms with E-state index in [1.165, 1.54) is 0 Å². The van der Waals surface area contributed by atoms with E-state index in [0.29, 0.717) is 18.3 Å². The second kappa shape index (κ2) is 7.73. The Kier molecular flexibility index (Phi) is 5.67. The summed E-state index contributed by atoms with van der Waals surface area (Å²) in [6, 6.07) is 0. The van der Waals surface area contributed by atoms with Crippen molar-refractivity contribution in [3.63, 3.8) is 0 Å². The van der Waals surface area contributed by atoms with E-state index in [0.717, 1.165) is 63.1 Å². The Bertz CT molecular complexity index is 526. The van der Waals surface area contributed by atoms with Crippen molar-refractivity contribution >= 4 is 17.2 Å². The minimum Gasteiger partial charge on any atom is -0.379 e. The number of ether oxygens (including phenoxy) is 1. The van der Waals surface area contributed by atoms with Gasteiger partial charge in [0.2, 0.25) is 5.91 Å². The van der Waals surface area contributed by atoms with Crippen LogP contribution in [0, 0.1) is 5.92 Å². The van der Waals surface area contributed by atoms with E-state index < -0.39 is 0 Å². The summed E-state index contributed by atoms with van der Waals surface area (Å²) >= 11 is 1.67. The SMILES string of the molecule is CC(C)c1nc(CC(=O)N2CC[C@@H](CN3CCOCC3)C2)cs1. The van der Waals surface area contributed by atoms with Crippen LogP contribution in [0.1, 0.15) is 36.9 Å². The number of nitrogens with zero attached hydrogens (tertiary/aromatic N) is 3. The molecule has 0 radical (unpaired) electrons. The average Bonchev–Trinajstić information content (AvgIpc) is 3.18. The topological polar surface area (TPSA) is 45.7 Å². The van der Waals surface area contributed by atoms with Gasteiger partial charge in [-0.05, 0) is 12.3 Å². The van der Waals surface area contributed by atoms with Gasteiger partial charge in [0.05, 0.1) is 30.3 Å². The van der Waals surface area contributed by atoms with Gasteiger partial charge in [-0.25, -0.2) is 4.98 Å². The Balaban J connectivity index is 1.46. The first-order chi connectivity index (χ1) is 11.1. The van der Waals surface area contributed by atoms with Crippen LogP contribution in [0.25, 0.3) is 0 Å². The quantitative estimate of drug-likeness (QED) is 0.824. The van der Waals surface area contributed by atoms with Crippen molar-refractivity contribution in [2.75, 3.05) is 45.9 Å². The molecule has 2 fully saturated rings. The van der Waals surface area contributed by atoms with E-state index in [1.54, 1.807) is 11.3 Å². The standard InChI is InChI=1S/C17H27N3O2S/c1-13(2)17-18-15(12-23-17)9-16(21)20-4-3-14(11-20)10-19-5-7-22-8-6-19/h12-14H,3-11H2,1-2H3/t14-/m0/s1. The van der Waals surface area contributed by atoms with E-state index in [4.69, 9.17) is 4.74 Å². The molecule has 128 valence electrons. The zero-order valence-electron chi connectivity index (χ0n) is 14.2. The lowest BCUT2D eigenvalue weighted by Crippen LogP contribution is -2.40. The first-order valence-corrected chi connectivity index (χ1v) is 9.52. The molecule has 2 aliphatic rings. The molecule has 1 aromatic heterocycles. The molecular formula is C17H27N3O2S. The maximum Gasteiger partial charge on any atom is 0.228 e. The fraction of sp³-hybridized carbons (Fsp3) is 0.765. The van der Waals surface area contributed by atoms with Gasteiger partial charge in [0, 0.05) is 44.0 Å². The van der Waals surface area contributed by atoms with Crippen molar-refractivity contribution in [3.8, 4) is 0 Å². The van der Waals surface area contributed by atoms with Gasteiger partial charge in [-0.2, -0.15) is 0 Å². The largest absolute Gasteiger partial charge is 0.379 e. The molecule has 2 aliphatic heterocycles. The molecule has 1 atom stereocenters. The molecule has 0 bridgehead atoms. The Labute approximate surface area is 142 Å². The van der Waals surface area contributed by atoms with Gasteiger partial charge in [-0.15, -0.1) is 11.3 Å². The molecule has 2 saturated heterocycles. The van der Waals surface area contributed by atoms with Gasteiger partial charge < -0.3 is 9.64 Å². The van der Waals surface area contributed by atoms with Gasteiger partial charge in [-0.3, -0.25) is 9.69 Å². The molecule has 5 nitrogen and oxygen atoms in total. The number of likely N-dealkylation sites (tertiary alicyclic amines) is 1. The van der Waals surface area contributed by atoms with E-state index in [2.05, 4.69) is 23.7 Å². The second-order valence-electron chi connectivity index (χ2n) is 6.92. The maximum absolute atomic E-state index is 12.5. The van der Waals surface area contributed by atoms with Crippen molar-refractivity contribution in [3.05, 3.63) is 16.1 Å². The number of hydrogen-bond acceptors (Lipinski definition) is 5. The Hall–Kier alpha value is -0.980. The minimum atomic E-state index is 0.232. The summed E-state index contributed by atoms with van der Waals surface area (Å²) in [6.07, 6.45) is 1.57. The van der Waals surface area contributed by atoms with Crippen molar-refractivity contribution in [2.24, 2.45) is 5.92 Å². The third-order valence-electron chi connectivity index (χ3n) is 4.65. The van der Waals surface area contributed by atoms with Gasteiger partial charge in [0.25, 0.3) is 0 Å². The predicted octanol–water partition coefficient (Wildman–Crippen LogP) is 1.99. The van der Waals surface area contributed by atoms with Gasteiger partial charge in [-0.1, -0.05) is 13.8 Å². The van der Waals surface area contributed by atoms with Crippen molar-refractivity contribution in [1.82, 2.24) is 14.8 Å². The summed E-state index contributed by atoms with van der Waals surface area (Å²) in [5.74, 6) is 1.28. The van der Waals surface area contributed by atoms with Crippen LogP contribution in [0.15, 0.2) is 5.38 Å². The molecule has 0 N–H and O–H groups in total. The molecule has 6 heteroatoms. The maximum atomic E-state index is 12.5. The fourth-order valence-corrected chi connectivity index (χ4v) is 4.13. The van der Waals surface area contributed by atoms with Crippen LogP contribution in [0.5, 0.6) is 0 Å². The molecular weight excluding hydrogens is 310 g/mol. The molecule has 0 unspecified atom stereocenters. The number of thiazole rings is 1. The summed E-state index contributed by atoms with van der Waals surface area (Å²) < 4.78 is 5.40. The molecule has 3 heterocycles. The third-order valence-corrected chi connectivity index (χ3v) is 5.85. The van der Waals surface area contributed by atoms with Crippen LogP contribution >= 0.6 is 11.3 Å². The average molecular weight is 337 g/mol.